The van der Waals surface area contributed by atoms with Gasteiger partial charge in [0.05, 0.1) is 17.3 Å². The van der Waals surface area contributed by atoms with Gasteiger partial charge in [-0.3, -0.25) is 4.79 Å². The van der Waals surface area contributed by atoms with Gasteiger partial charge in [0.2, 0.25) is 5.91 Å². The van der Waals surface area contributed by atoms with Crippen LogP contribution in [0.3, 0.4) is 0 Å². The number of anilines is 1. The molecule has 116 valence electrons. The molecule has 1 amide bonds. The van der Waals surface area contributed by atoms with E-state index in [-0.39, 0.29) is 29.2 Å². The van der Waals surface area contributed by atoms with Crippen LogP contribution in [0.1, 0.15) is 13.3 Å². The van der Waals surface area contributed by atoms with Gasteiger partial charge < -0.3 is 10.6 Å². The van der Waals surface area contributed by atoms with E-state index < -0.39 is 9.84 Å². The molecular formula is C13H19N3O3S2. The molecule has 1 aromatic rings. The highest BCUT2D eigenvalue weighted by atomic mass is 32.2. The van der Waals surface area contributed by atoms with Crippen molar-refractivity contribution in [2.24, 2.45) is 0 Å². The summed E-state index contributed by atoms with van der Waals surface area (Å²) in [5, 5.41) is 0. The molecule has 1 fully saturated rings. The fourth-order valence-electron chi connectivity index (χ4n) is 2.36. The minimum absolute atomic E-state index is 0.0403. The molecule has 2 N–H and O–H groups in total. The maximum absolute atomic E-state index is 12.3. The quantitative estimate of drug-likeness (QED) is 0.803. The molecule has 1 aliphatic rings. The molecule has 21 heavy (non-hydrogen) atoms. The number of rotatable bonds is 5. The number of aromatic nitrogens is 1. The van der Waals surface area contributed by atoms with Crippen LogP contribution in [0.25, 0.3) is 0 Å². The number of nitrogen functional groups attached to an aromatic ring is 1. The van der Waals surface area contributed by atoms with E-state index in [2.05, 4.69) is 4.98 Å². The van der Waals surface area contributed by atoms with Crippen LogP contribution in [0.2, 0.25) is 0 Å². The Balaban J connectivity index is 1.93. The number of nitrogens with two attached hydrogens (primary N) is 1. The van der Waals surface area contributed by atoms with Crippen molar-refractivity contribution in [1.29, 1.82) is 0 Å². The normalized spacial score (nSPS) is 20.3. The molecule has 0 bridgehead atoms. The summed E-state index contributed by atoms with van der Waals surface area (Å²) in [7, 11) is -2.98. The lowest BCUT2D eigenvalue weighted by Gasteiger charge is -2.26. The Labute approximate surface area is 129 Å². The van der Waals surface area contributed by atoms with Gasteiger partial charge in [0.15, 0.2) is 9.84 Å². The molecule has 0 spiro atoms. The lowest BCUT2D eigenvalue weighted by Crippen LogP contribution is -2.41. The van der Waals surface area contributed by atoms with Crippen LogP contribution >= 0.6 is 11.8 Å². The zero-order valence-electron chi connectivity index (χ0n) is 11.9. The second-order valence-electron chi connectivity index (χ2n) is 4.94. The zero-order valence-corrected chi connectivity index (χ0v) is 13.5. The Hall–Kier alpha value is -1.28. The number of carbonyl (C=O) groups is 1. The van der Waals surface area contributed by atoms with Gasteiger partial charge in [0.25, 0.3) is 0 Å². The highest BCUT2D eigenvalue weighted by molar-refractivity contribution is 8.00. The van der Waals surface area contributed by atoms with Crippen LogP contribution in [-0.4, -0.2) is 54.1 Å². The highest BCUT2D eigenvalue weighted by Crippen LogP contribution is 2.21. The van der Waals surface area contributed by atoms with Gasteiger partial charge in [0.1, 0.15) is 5.82 Å². The van der Waals surface area contributed by atoms with E-state index in [1.54, 1.807) is 17.2 Å². The highest BCUT2D eigenvalue weighted by Gasteiger charge is 2.33. The molecule has 2 heterocycles. The van der Waals surface area contributed by atoms with Crippen molar-refractivity contribution in [2.75, 3.05) is 29.5 Å². The molecule has 1 aromatic heterocycles. The maximum atomic E-state index is 12.3. The van der Waals surface area contributed by atoms with E-state index in [0.717, 1.165) is 4.90 Å². The molecule has 0 aliphatic carbocycles. The number of pyridine rings is 1. The van der Waals surface area contributed by atoms with Crippen LogP contribution in [0, 0.1) is 0 Å². The van der Waals surface area contributed by atoms with Crippen LogP contribution in [0.15, 0.2) is 23.2 Å². The van der Waals surface area contributed by atoms with E-state index in [0.29, 0.717) is 18.8 Å². The first-order valence-electron chi connectivity index (χ1n) is 6.75. The van der Waals surface area contributed by atoms with Crippen molar-refractivity contribution < 1.29 is 13.2 Å². The van der Waals surface area contributed by atoms with Gasteiger partial charge in [-0.05, 0) is 25.5 Å². The summed E-state index contributed by atoms with van der Waals surface area (Å²) in [5.41, 5.74) is 5.51. The number of amides is 1. The van der Waals surface area contributed by atoms with Crippen molar-refractivity contribution in [3.05, 3.63) is 18.3 Å². The van der Waals surface area contributed by atoms with Crippen LogP contribution in [0.4, 0.5) is 5.82 Å². The minimum atomic E-state index is -2.98. The van der Waals surface area contributed by atoms with Gasteiger partial charge in [-0.25, -0.2) is 13.4 Å². The molecule has 1 aliphatic heterocycles. The summed E-state index contributed by atoms with van der Waals surface area (Å²) in [6.07, 6.45) is 2.17. The number of carbonyl (C=O) groups excluding carboxylic acids is 1. The first kappa shape index (κ1) is 16.1. The summed E-state index contributed by atoms with van der Waals surface area (Å²) >= 11 is 1.38. The summed E-state index contributed by atoms with van der Waals surface area (Å²) in [6, 6.07) is 3.32. The summed E-state index contributed by atoms with van der Waals surface area (Å²) in [4.78, 5) is 18.8. The Kier molecular flexibility index (Phi) is 5.10. The zero-order chi connectivity index (χ0) is 15.5. The third kappa shape index (κ3) is 4.34. The van der Waals surface area contributed by atoms with E-state index in [1.807, 2.05) is 13.0 Å². The van der Waals surface area contributed by atoms with Crippen molar-refractivity contribution in [2.45, 2.75) is 24.3 Å². The lowest BCUT2D eigenvalue weighted by molar-refractivity contribution is -0.129. The average molecular weight is 329 g/mol. The molecular weight excluding hydrogens is 310 g/mol. The van der Waals surface area contributed by atoms with Gasteiger partial charge in [-0.1, -0.05) is 0 Å². The van der Waals surface area contributed by atoms with Gasteiger partial charge in [-0.15, -0.1) is 11.8 Å². The van der Waals surface area contributed by atoms with Crippen molar-refractivity contribution >= 4 is 33.3 Å². The number of sulfone groups is 1. The topological polar surface area (TPSA) is 93.4 Å². The van der Waals surface area contributed by atoms with Crippen molar-refractivity contribution in [3.8, 4) is 0 Å². The predicted molar refractivity (Wildman–Crippen MR) is 83.8 cm³/mol. The van der Waals surface area contributed by atoms with Gasteiger partial charge >= 0.3 is 0 Å². The Morgan fingerprint density at radius 3 is 2.81 bits per heavy atom. The molecule has 1 saturated heterocycles. The Bertz CT molecular complexity index is 602. The second-order valence-corrected chi connectivity index (χ2v) is 8.22. The fraction of sp³-hybridized carbons (Fsp3) is 0.538. The first-order valence-corrected chi connectivity index (χ1v) is 9.56. The van der Waals surface area contributed by atoms with Crippen LogP contribution in [-0.2, 0) is 14.6 Å². The summed E-state index contributed by atoms with van der Waals surface area (Å²) < 4.78 is 23.1. The third-order valence-corrected chi connectivity index (χ3v) is 6.15. The second kappa shape index (κ2) is 6.65. The number of thioether (sulfide) groups is 1. The Morgan fingerprint density at radius 1 is 1.52 bits per heavy atom. The van der Waals surface area contributed by atoms with E-state index in [4.69, 9.17) is 5.73 Å². The monoisotopic (exact) mass is 329 g/mol. The van der Waals surface area contributed by atoms with E-state index in [1.165, 1.54) is 11.8 Å². The largest absolute Gasteiger partial charge is 0.384 e. The maximum Gasteiger partial charge on any atom is 0.233 e. The first-order chi connectivity index (χ1) is 9.91. The molecule has 0 radical (unpaired) electrons. The standard InChI is InChI=1S/C13H19N3O3S2/c1-2-16(10-5-6-21(18,19)9-10)13(17)8-20-11-3-4-12(14)15-7-11/h3-4,7,10H,2,5-6,8-9H2,1H3,(H2,14,15). The Morgan fingerprint density at radius 2 is 2.29 bits per heavy atom. The van der Waals surface area contributed by atoms with E-state index >= 15 is 0 Å². The van der Waals surface area contributed by atoms with Crippen LogP contribution < -0.4 is 5.73 Å². The molecule has 0 aromatic carbocycles. The molecule has 8 heteroatoms. The summed E-state index contributed by atoms with van der Waals surface area (Å²) in [5.74, 6) is 0.936. The number of hydrogen-bond donors (Lipinski definition) is 1. The average Bonchev–Trinajstić information content (AvgIpc) is 2.79. The minimum Gasteiger partial charge on any atom is -0.384 e. The molecule has 0 saturated carbocycles. The van der Waals surface area contributed by atoms with Crippen molar-refractivity contribution in [3.63, 3.8) is 0 Å². The van der Waals surface area contributed by atoms with Crippen molar-refractivity contribution in [1.82, 2.24) is 9.88 Å². The van der Waals surface area contributed by atoms with Gasteiger partial charge in [-0.2, -0.15) is 0 Å². The summed E-state index contributed by atoms with van der Waals surface area (Å²) in [6.45, 7) is 2.40. The molecule has 2 rings (SSSR count). The lowest BCUT2D eigenvalue weighted by atomic mass is 10.2. The molecule has 1 unspecified atom stereocenters. The SMILES string of the molecule is CCN(C(=O)CSc1ccc(N)nc1)C1CCS(=O)(=O)C1. The number of hydrogen-bond acceptors (Lipinski definition) is 6. The molecule has 1 atom stereocenters. The van der Waals surface area contributed by atoms with Crippen LogP contribution in [0.5, 0.6) is 0 Å². The third-order valence-electron chi connectivity index (χ3n) is 3.43. The number of nitrogens with zero attached hydrogens (tertiary/aromatic N) is 2. The van der Waals surface area contributed by atoms with Gasteiger partial charge in [0, 0.05) is 23.7 Å². The predicted octanol–water partition coefficient (Wildman–Crippen LogP) is 0.791. The smallest absolute Gasteiger partial charge is 0.233 e. The fourth-order valence-corrected chi connectivity index (χ4v) is 4.84. The molecule has 6 nitrogen and oxygen atoms in total. The van der Waals surface area contributed by atoms with E-state index in [9.17, 15) is 13.2 Å².